The maximum Gasteiger partial charge on any atom is 0.355 e. The molecule has 0 spiro atoms. The first-order valence-electron chi connectivity index (χ1n) is 9.24. The summed E-state index contributed by atoms with van der Waals surface area (Å²) in [4.78, 5) is 41.3. The third kappa shape index (κ3) is 3.90. The van der Waals surface area contributed by atoms with Crippen LogP contribution in [0.5, 0.6) is 0 Å². The number of esters is 1. The number of ether oxygens (including phenoxy) is 1. The minimum atomic E-state index is -1.03. The van der Waals surface area contributed by atoms with Gasteiger partial charge < -0.3 is 14.6 Å². The van der Waals surface area contributed by atoms with E-state index in [0.29, 0.717) is 29.7 Å². The zero-order valence-corrected chi connectivity index (χ0v) is 16.6. The van der Waals surface area contributed by atoms with Crippen LogP contribution in [0.2, 0.25) is 0 Å². The second-order valence-corrected chi connectivity index (χ2v) is 7.33. The minimum absolute atomic E-state index is 0.141. The lowest BCUT2D eigenvalue weighted by molar-refractivity contribution is -0.143. The van der Waals surface area contributed by atoms with Crippen molar-refractivity contribution in [2.45, 2.75) is 71.4 Å². The van der Waals surface area contributed by atoms with Crippen molar-refractivity contribution in [3.8, 4) is 6.07 Å². The molecule has 1 aromatic heterocycles. The fourth-order valence-corrected chi connectivity index (χ4v) is 3.89. The first kappa shape index (κ1) is 20.7. The van der Waals surface area contributed by atoms with Gasteiger partial charge in [-0.3, -0.25) is 9.59 Å². The lowest BCUT2D eigenvalue weighted by Crippen LogP contribution is -2.53. The summed E-state index contributed by atoms with van der Waals surface area (Å²) in [5.41, 5.74) is 0.903. The van der Waals surface area contributed by atoms with Gasteiger partial charge in [-0.2, -0.15) is 5.26 Å². The second kappa shape index (κ2) is 7.95. The molecule has 2 rings (SSSR count). The largest absolute Gasteiger partial charge is 0.448 e. The van der Waals surface area contributed by atoms with Gasteiger partial charge in [-0.25, -0.2) is 4.79 Å². The number of hydrogen-bond donors (Lipinski definition) is 1. The summed E-state index contributed by atoms with van der Waals surface area (Å²) in [6.45, 7) is 6.32. The maximum absolute atomic E-state index is 12.8. The normalized spacial score (nSPS) is 16.9. The van der Waals surface area contributed by atoms with Crippen LogP contribution in [0.25, 0.3) is 0 Å². The third-order valence-electron chi connectivity index (χ3n) is 5.49. The quantitative estimate of drug-likeness (QED) is 0.631. The minimum Gasteiger partial charge on any atom is -0.448 e. The molecular weight excluding hydrogens is 346 g/mol. The van der Waals surface area contributed by atoms with E-state index in [9.17, 15) is 19.6 Å². The summed E-state index contributed by atoms with van der Waals surface area (Å²) in [5.74, 6) is -1.23. The molecule has 0 bridgehead atoms. The van der Waals surface area contributed by atoms with Crippen molar-refractivity contribution in [1.82, 2.24) is 9.88 Å². The van der Waals surface area contributed by atoms with E-state index in [1.54, 1.807) is 20.9 Å². The predicted octanol–water partition coefficient (Wildman–Crippen LogP) is 3.06. The van der Waals surface area contributed by atoms with E-state index in [2.05, 4.69) is 11.1 Å². The number of hydrogen-bond acceptors (Lipinski definition) is 5. The predicted molar refractivity (Wildman–Crippen MR) is 99.3 cm³/mol. The van der Waals surface area contributed by atoms with Crippen molar-refractivity contribution in [2.75, 3.05) is 7.05 Å². The van der Waals surface area contributed by atoms with Crippen molar-refractivity contribution in [3.05, 3.63) is 22.5 Å². The van der Waals surface area contributed by atoms with Gasteiger partial charge in [-0.1, -0.05) is 19.3 Å². The summed E-state index contributed by atoms with van der Waals surface area (Å²) < 4.78 is 5.35. The van der Waals surface area contributed by atoms with E-state index in [1.165, 1.54) is 18.7 Å². The van der Waals surface area contributed by atoms with E-state index in [1.807, 2.05) is 0 Å². The molecule has 1 aliphatic carbocycles. The van der Waals surface area contributed by atoms with Crippen LogP contribution in [0, 0.1) is 25.2 Å². The van der Waals surface area contributed by atoms with Crippen LogP contribution in [0.3, 0.4) is 0 Å². The summed E-state index contributed by atoms with van der Waals surface area (Å²) in [7, 11) is 1.60. The molecule has 0 unspecified atom stereocenters. The van der Waals surface area contributed by atoms with Gasteiger partial charge in [0.2, 0.25) is 0 Å². The number of aryl methyl sites for hydroxylation is 1. The molecule has 27 heavy (non-hydrogen) atoms. The Hall–Kier alpha value is -2.62. The molecule has 0 aliphatic heterocycles. The summed E-state index contributed by atoms with van der Waals surface area (Å²) >= 11 is 0. The molecule has 1 aliphatic rings. The van der Waals surface area contributed by atoms with Gasteiger partial charge >= 0.3 is 5.97 Å². The van der Waals surface area contributed by atoms with Gasteiger partial charge in [-0.05, 0) is 46.1 Å². The molecule has 7 nitrogen and oxygen atoms in total. The van der Waals surface area contributed by atoms with Gasteiger partial charge in [0.1, 0.15) is 11.2 Å². The molecule has 0 saturated heterocycles. The molecule has 0 aromatic carbocycles. The highest BCUT2D eigenvalue weighted by Gasteiger charge is 2.41. The van der Waals surface area contributed by atoms with Crippen molar-refractivity contribution >= 4 is 17.7 Å². The molecular formula is C20H27N3O4. The first-order chi connectivity index (χ1) is 12.6. The summed E-state index contributed by atoms with van der Waals surface area (Å²) in [5, 5.41) is 9.64. The maximum atomic E-state index is 12.8. The van der Waals surface area contributed by atoms with Crippen molar-refractivity contribution < 1.29 is 19.1 Å². The molecule has 1 fully saturated rings. The second-order valence-electron chi connectivity index (χ2n) is 7.33. The molecule has 1 heterocycles. The lowest BCUT2D eigenvalue weighted by atomic mass is 9.81. The van der Waals surface area contributed by atoms with Crippen LogP contribution < -0.4 is 0 Å². The third-order valence-corrected chi connectivity index (χ3v) is 5.49. The van der Waals surface area contributed by atoms with E-state index in [0.717, 1.165) is 19.3 Å². The molecule has 1 amide bonds. The van der Waals surface area contributed by atoms with Gasteiger partial charge in [-0.15, -0.1) is 0 Å². The highest BCUT2D eigenvalue weighted by atomic mass is 16.5. The number of H-pyrrole nitrogens is 1. The zero-order valence-electron chi connectivity index (χ0n) is 16.6. The SMILES string of the molecule is CC(=O)c1c(C)[nH]c(C(=O)O[C@@H](C)C(=O)N(C)C2(C#N)CCCCC2)c1C. The number of rotatable bonds is 5. The molecule has 7 heteroatoms. The number of nitriles is 1. The van der Waals surface area contributed by atoms with E-state index in [-0.39, 0.29) is 11.5 Å². The number of carbonyl (C=O) groups is 3. The van der Waals surface area contributed by atoms with Gasteiger partial charge in [0.15, 0.2) is 11.9 Å². The van der Waals surface area contributed by atoms with Crippen LogP contribution in [0.15, 0.2) is 0 Å². The number of Topliss-reactive ketones (excluding diaryl/α,β-unsaturated/α-hetero) is 1. The average Bonchev–Trinajstić information content (AvgIpc) is 2.95. The Morgan fingerprint density at radius 1 is 1.22 bits per heavy atom. The van der Waals surface area contributed by atoms with Gasteiger partial charge in [0, 0.05) is 18.3 Å². The first-order valence-corrected chi connectivity index (χ1v) is 9.24. The number of aromatic nitrogens is 1. The number of aromatic amines is 1. The van der Waals surface area contributed by atoms with Crippen molar-refractivity contribution in [1.29, 1.82) is 5.26 Å². The van der Waals surface area contributed by atoms with E-state index in [4.69, 9.17) is 4.74 Å². The molecule has 1 aromatic rings. The smallest absolute Gasteiger partial charge is 0.355 e. The molecule has 146 valence electrons. The Morgan fingerprint density at radius 3 is 2.30 bits per heavy atom. The van der Waals surface area contributed by atoms with Crippen LogP contribution in [-0.4, -0.2) is 46.2 Å². The molecule has 1 atom stereocenters. The van der Waals surface area contributed by atoms with Gasteiger partial charge in [0.25, 0.3) is 5.91 Å². The van der Waals surface area contributed by atoms with Gasteiger partial charge in [0.05, 0.1) is 6.07 Å². The molecule has 0 radical (unpaired) electrons. The Balaban J connectivity index is 2.14. The Bertz CT molecular complexity index is 797. The summed E-state index contributed by atoms with van der Waals surface area (Å²) in [6.07, 6.45) is 3.08. The fourth-order valence-electron chi connectivity index (χ4n) is 3.89. The highest BCUT2D eigenvalue weighted by molar-refractivity contribution is 6.01. The van der Waals surface area contributed by atoms with Crippen LogP contribution in [0.1, 0.15) is 78.1 Å². The standard InChI is InChI=1S/C20H27N3O4/c1-12-16(14(3)24)13(2)22-17(12)19(26)27-15(4)18(25)23(5)20(11-21)9-7-6-8-10-20/h15,22H,6-10H2,1-5H3/t15-/m0/s1. The van der Waals surface area contributed by atoms with Crippen LogP contribution in [-0.2, 0) is 9.53 Å². The Labute approximate surface area is 159 Å². The topological polar surface area (TPSA) is 103 Å². The van der Waals surface area contributed by atoms with Crippen molar-refractivity contribution in [2.24, 2.45) is 0 Å². The Kier molecular flexibility index (Phi) is 6.09. The number of likely N-dealkylation sites (N-methyl/N-ethyl adjacent to an activating group) is 1. The van der Waals surface area contributed by atoms with Crippen LogP contribution in [0.4, 0.5) is 0 Å². The van der Waals surface area contributed by atoms with Crippen molar-refractivity contribution in [3.63, 3.8) is 0 Å². The number of ketones is 1. The monoisotopic (exact) mass is 373 g/mol. The summed E-state index contributed by atoms with van der Waals surface area (Å²) in [6, 6.07) is 2.29. The lowest BCUT2D eigenvalue weighted by Gasteiger charge is -2.39. The molecule has 1 saturated carbocycles. The van der Waals surface area contributed by atoms with Crippen LogP contribution >= 0.6 is 0 Å². The number of carbonyl (C=O) groups excluding carboxylic acids is 3. The Morgan fingerprint density at radius 2 is 1.81 bits per heavy atom. The molecule has 1 N–H and O–H groups in total. The van der Waals surface area contributed by atoms with E-state index >= 15 is 0 Å². The number of nitrogens with one attached hydrogen (secondary N) is 1. The average molecular weight is 373 g/mol. The highest BCUT2D eigenvalue weighted by Crippen LogP contribution is 2.33. The number of amides is 1. The zero-order chi connectivity index (χ0) is 20.4. The number of nitrogens with zero attached hydrogens (tertiary/aromatic N) is 2. The van der Waals surface area contributed by atoms with E-state index < -0.39 is 23.5 Å². The fraction of sp³-hybridized carbons (Fsp3) is 0.600.